The number of carbonyl (C=O) groups excluding carboxylic acids is 1. The molecule has 0 bridgehead atoms. The summed E-state index contributed by atoms with van der Waals surface area (Å²) in [4.78, 5) is 12.7. The lowest BCUT2D eigenvalue weighted by Crippen LogP contribution is -2.33. The molecule has 0 unspecified atom stereocenters. The lowest BCUT2D eigenvalue weighted by Gasteiger charge is -2.14. The lowest BCUT2D eigenvalue weighted by atomic mass is 10.0. The summed E-state index contributed by atoms with van der Waals surface area (Å²) in [6.07, 6.45) is 1.69. The number of benzene rings is 2. The van der Waals surface area contributed by atoms with Gasteiger partial charge in [-0.3, -0.25) is 4.79 Å². The Hall–Kier alpha value is -2.95. The topological polar surface area (TPSA) is 55.1 Å². The van der Waals surface area contributed by atoms with Gasteiger partial charge in [0.05, 0.1) is 5.69 Å². The molecule has 0 fully saturated rings. The average Bonchev–Trinajstić information content (AvgIpc) is 3.02. The van der Waals surface area contributed by atoms with Crippen molar-refractivity contribution in [2.75, 3.05) is 0 Å². The van der Waals surface area contributed by atoms with E-state index in [1.54, 1.807) is 19.1 Å². The maximum atomic E-state index is 13.5. The Kier molecular flexibility index (Phi) is 5.46. The van der Waals surface area contributed by atoms with Gasteiger partial charge in [0, 0.05) is 11.6 Å². The number of aromatic nitrogens is 1. The van der Waals surface area contributed by atoms with Gasteiger partial charge in [-0.25, -0.2) is 4.39 Å². The fourth-order valence-corrected chi connectivity index (χ4v) is 2.86. The zero-order valence-electron chi connectivity index (χ0n) is 14.8. The number of halogens is 1. The summed E-state index contributed by atoms with van der Waals surface area (Å²) in [5.74, 6) is -0.363. The molecular formula is C21H21FN2O2. The van der Waals surface area contributed by atoms with Crippen molar-refractivity contribution >= 4 is 5.91 Å². The SMILES string of the molecule is Cc1noc(-c2cccc(F)c2)c1C(=O)N[C@H](C)CCc1ccccc1. The van der Waals surface area contributed by atoms with Gasteiger partial charge in [0.2, 0.25) is 0 Å². The third kappa shape index (κ3) is 4.17. The first-order chi connectivity index (χ1) is 12.5. The second-order valence-corrected chi connectivity index (χ2v) is 6.38. The van der Waals surface area contributed by atoms with Crippen LogP contribution < -0.4 is 5.32 Å². The van der Waals surface area contributed by atoms with E-state index >= 15 is 0 Å². The highest BCUT2D eigenvalue weighted by molar-refractivity contribution is 6.00. The summed E-state index contributed by atoms with van der Waals surface area (Å²) >= 11 is 0. The number of amides is 1. The first-order valence-electron chi connectivity index (χ1n) is 8.61. The molecule has 5 heteroatoms. The van der Waals surface area contributed by atoms with Crippen molar-refractivity contribution in [2.24, 2.45) is 0 Å². The third-order valence-electron chi connectivity index (χ3n) is 4.26. The number of hydrogen-bond acceptors (Lipinski definition) is 3. The fraction of sp³-hybridized carbons (Fsp3) is 0.238. The highest BCUT2D eigenvalue weighted by Crippen LogP contribution is 2.26. The monoisotopic (exact) mass is 352 g/mol. The second kappa shape index (κ2) is 7.95. The maximum absolute atomic E-state index is 13.5. The second-order valence-electron chi connectivity index (χ2n) is 6.38. The normalized spacial score (nSPS) is 12.0. The largest absolute Gasteiger partial charge is 0.355 e. The van der Waals surface area contributed by atoms with Gasteiger partial charge in [-0.05, 0) is 44.4 Å². The van der Waals surface area contributed by atoms with Crippen molar-refractivity contribution in [1.29, 1.82) is 0 Å². The number of nitrogens with one attached hydrogen (secondary N) is 1. The average molecular weight is 352 g/mol. The Balaban J connectivity index is 1.71. The van der Waals surface area contributed by atoms with Crippen molar-refractivity contribution in [2.45, 2.75) is 32.7 Å². The van der Waals surface area contributed by atoms with Crippen LogP contribution in [0.1, 0.15) is 35.0 Å². The quantitative estimate of drug-likeness (QED) is 0.708. The van der Waals surface area contributed by atoms with Gasteiger partial charge in [-0.2, -0.15) is 0 Å². The van der Waals surface area contributed by atoms with E-state index < -0.39 is 0 Å². The molecule has 26 heavy (non-hydrogen) atoms. The molecule has 3 rings (SSSR count). The van der Waals surface area contributed by atoms with Gasteiger partial charge in [-0.15, -0.1) is 0 Å². The van der Waals surface area contributed by atoms with Crippen molar-refractivity contribution < 1.29 is 13.7 Å². The van der Waals surface area contributed by atoms with Gasteiger partial charge in [0.1, 0.15) is 11.4 Å². The molecule has 0 spiro atoms. The summed E-state index contributed by atoms with van der Waals surface area (Å²) in [6.45, 7) is 3.67. The molecule has 2 aromatic carbocycles. The zero-order valence-corrected chi connectivity index (χ0v) is 14.8. The Morgan fingerprint density at radius 2 is 1.96 bits per heavy atom. The van der Waals surface area contributed by atoms with Crippen LogP contribution in [-0.2, 0) is 6.42 Å². The van der Waals surface area contributed by atoms with E-state index in [4.69, 9.17) is 4.52 Å². The van der Waals surface area contributed by atoms with Crippen molar-refractivity contribution in [3.8, 4) is 11.3 Å². The summed E-state index contributed by atoms with van der Waals surface area (Å²) < 4.78 is 18.8. The molecule has 1 N–H and O–H groups in total. The summed E-state index contributed by atoms with van der Waals surface area (Å²) in [5, 5.41) is 6.87. The van der Waals surface area contributed by atoms with Gasteiger partial charge in [0.25, 0.3) is 5.91 Å². The molecule has 3 aromatic rings. The molecule has 0 saturated heterocycles. The molecule has 0 aliphatic carbocycles. The van der Waals surface area contributed by atoms with Gasteiger partial charge < -0.3 is 9.84 Å². The number of carbonyl (C=O) groups is 1. The van der Waals surface area contributed by atoms with E-state index in [-0.39, 0.29) is 23.5 Å². The number of aryl methyl sites for hydroxylation is 2. The van der Waals surface area contributed by atoms with E-state index in [1.165, 1.54) is 17.7 Å². The van der Waals surface area contributed by atoms with Crippen LogP contribution in [0.4, 0.5) is 4.39 Å². The Morgan fingerprint density at radius 3 is 2.69 bits per heavy atom. The van der Waals surface area contributed by atoms with Crippen molar-refractivity contribution in [3.05, 3.63) is 77.2 Å². The molecule has 1 atom stereocenters. The molecule has 0 saturated carbocycles. The highest BCUT2D eigenvalue weighted by atomic mass is 19.1. The predicted octanol–water partition coefficient (Wildman–Crippen LogP) is 4.54. The third-order valence-corrected chi connectivity index (χ3v) is 4.26. The Bertz CT molecular complexity index is 890. The van der Waals surface area contributed by atoms with Crippen LogP contribution in [0.2, 0.25) is 0 Å². The predicted molar refractivity (Wildman–Crippen MR) is 98.3 cm³/mol. The van der Waals surface area contributed by atoms with Crippen LogP contribution in [0.15, 0.2) is 59.1 Å². The standard InChI is InChI=1S/C21H21FN2O2/c1-14(11-12-16-7-4-3-5-8-16)23-21(25)19-15(2)24-26-20(19)17-9-6-10-18(22)13-17/h3-10,13-14H,11-12H2,1-2H3,(H,23,25)/t14-/m1/s1. The number of hydrogen-bond donors (Lipinski definition) is 1. The Morgan fingerprint density at radius 1 is 1.19 bits per heavy atom. The van der Waals surface area contributed by atoms with Crippen molar-refractivity contribution in [1.82, 2.24) is 10.5 Å². The van der Waals surface area contributed by atoms with E-state index in [1.807, 2.05) is 25.1 Å². The molecule has 4 nitrogen and oxygen atoms in total. The van der Waals surface area contributed by atoms with Crippen LogP contribution in [-0.4, -0.2) is 17.1 Å². The molecule has 0 aliphatic heterocycles. The molecule has 134 valence electrons. The molecule has 1 aromatic heterocycles. The van der Waals surface area contributed by atoms with Crippen LogP contribution in [0.5, 0.6) is 0 Å². The molecule has 1 heterocycles. The first-order valence-corrected chi connectivity index (χ1v) is 8.61. The number of rotatable bonds is 6. The molecule has 0 aliphatic rings. The van der Waals surface area contributed by atoms with Crippen molar-refractivity contribution in [3.63, 3.8) is 0 Å². The van der Waals surface area contributed by atoms with Gasteiger partial charge in [0.15, 0.2) is 5.76 Å². The minimum Gasteiger partial charge on any atom is -0.355 e. The molecular weight excluding hydrogens is 331 g/mol. The highest BCUT2D eigenvalue weighted by Gasteiger charge is 2.23. The van der Waals surface area contributed by atoms with E-state index in [0.29, 0.717) is 16.8 Å². The van der Waals surface area contributed by atoms with Gasteiger partial charge >= 0.3 is 0 Å². The summed E-state index contributed by atoms with van der Waals surface area (Å²) in [5.41, 5.74) is 2.56. The number of nitrogens with zero attached hydrogens (tertiary/aromatic N) is 1. The minimum absolute atomic E-state index is 0.0163. The van der Waals surface area contributed by atoms with Crippen LogP contribution in [0, 0.1) is 12.7 Å². The summed E-state index contributed by atoms with van der Waals surface area (Å²) in [6, 6.07) is 16.1. The smallest absolute Gasteiger partial charge is 0.257 e. The fourth-order valence-electron chi connectivity index (χ4n) is 2.86. The van der Waals surface area contributed by atoms with Gasteiger partial charge in [-0.1, -0.05) is 47.6 Å². The molecule has 1 amide bonds. The van der Waals surface area contributed by atoms with Crippen LogP contribution in [0.25, 0.3) is 11.3 Å². The van der Waals surface area contributed by atoms with Crippen LogP contribution >= 0.6 is 0 Å². The van der Waals surface area contributed by atoms with E-state index in [2.05, 4.69) is 22.6 Å². The van der Waals surface area contributed by atoms with Crippen LogP contribution in [0.3, 0.4) is 0 Å². The van der Waals surface area contributed by atoms with E-state index in [9.17, 15) is 9.18 Å². The first kappa shape index (κ1) is 17.9. The molecule has 0 radical (unpaired) electrons. The minimum atomic E-state index is -0.390. The maximum Gasteiger partial charge on any atom is 0.257 e. The Labute approximate surface area is 152 Å². The van der Waals surface area contributed by atoms with E-state index in [0.717, 1.165) is 12.8 Å². The lowest BCUT2D eigenvalue weighted by molar-refractivity contribution is 0.0938. The zero-order chi connectivity index (χ0) is 18.5. The summed E-state index contributed by atoms with van der Waals surface area (Å²) in [7, 11) is 0.